The maximum atomic E-state index is 13.2. The molecule has 1 saturated heterocycles. The van der Waals surface area contributed by atoms with E-state index in [2.05, 4.69) is 10.6 Å². The van der Waals surface area contributed by atoms with Crippen LogP contribution in [0.4, 0.5) is 0 Å². The second kappa shape index (κ2) is 11.0. The van der Waals surface area contributed by atoms with Gasteiger partial charge in [-0.1, -0.05) is 63.2 Å². The predicted molar refractivity (Wildman–Crippen MR) is 132 cm³/mol. The summed E-state index contributed by atoms with van der Waals surface area (Å²) in [5.41, 5.74) is 5.75. The van der Waals surface area contributed by atoms with E-state index in [1.807, 2.05) is 63.2 Å². The molecule has 0 bridgehead atoms. The van der Waals surface area contributed by atoms with Crippen LogP contribution in [0, 0.1) is 5.41 Å². The Morgan fingerprint density at radius 3 is 2.53 bits per heavy atom. The number of nitrogens with one attached hydrogen (secondary N) is 2. The van der Waals surface area contributed by atoms with E-state index in [1.165, 1.54) is 0 Å². The fourth-order valence-corrected chi connectivity index (χ4v) is 4.22. The average molecular weight is 469 g/mol. The first-order chi connectivity index (χ1) is 16.1. The molecule has 0 radical (unpaired) electrons. The third-order valence-electron chi connectivity index (χ3n) is 6.13. The van der Waals surface area contributed by atoms with Crippen LogP contribution in [-0.4, -0.2) is 65.5 Å². The molecule has 0 spiro atoms. The van der Waals surface area contributed by atoms with Crippen LogP contribution >= 0.6 is 0 Å². The monoisotopic (exact) mass is 468 g/mol. The van der Waals surface area contributed by atoms with E-state index >= 15 is 0 Å². The molecule has 3 rings (SSSR count). The van der Waals surface area contributed by atoms with Gasteiger partial charge in [-0.2, -0.15) is 0 Å². The van der Waals surface area contributed by atoms with Crippen LogP contribution in [0.25, 0.3) is 10.8 Å². The van der Waals surface area contributed by atoms with E-state index in [1.54, 1.807) is 4.90 Å². The summed E-state index contributed by atoms with van der Waals surface area (Å²) in [5.74, 6) is -0.817. The molecule has 2 unspecified atom stereocenters. The summed E-state index contributed by atoms with van der Waals surface area (Å²) in [6, 6.07) is 12.4. The number of aliphatic hydroxyl groups excluding tert-OH is 1. The van der Waals surface area contributed by atoms with Crippen LogP contribution in [0.15, 0.2) is 42.5 Å². The van der Waals surface area contributed by atoms with Crippen LogP contribution in [-0.2, 0) is 20.8 Å². The molecule has 0 aromatic heterocycles. The van der Waals surface area contributed by atoms with Gasteiger partial charge in [-0.05, 0) is 29.2 Å². The van der Waals surface area contributed by atoms with E-state index < -0.39 is 29.5 Å². The maximum Gasteiger partial charge on any atom is 0.243 e. The van der Waals surface area contributed by atoms with Crippen LogP contribution in [0.3, 0.4) is 0 Å². The van der Waals surface area contributed by atoms with Gasteiger partial charge in [0.2, 0.25) is 17.7 Å². The molecule has 1 aliphatic rings. The lowest BCUT2D eigenvalue weighted by Crippen LogP contribution is -2.55. The first-order valence-corrected chi connectivity index (χ1v) is 11.8. The molecule has 8 nitrogen and oxygen atoms in total. The minimum atomic E-state index is -0.865. The van der Waals surface area contributed by atoms with Crippen molar-refractivity contribution in [1.82, 2.24) is 15.5 Å². The zero-order valence-electron chi connectivity index (χ0n) is 20.2. The van der Waals surface area contributed by atoms with Gasteiger partial charge >= 0.3 is 0 Å². The van der Waals surface area contributed by atoms with Crippen molar-refractivity contribution in [1.29, 1.82) is 0 Å². The van der Waals surface area contributed by atoms with Crippen molar-refractivity contribution in [3.63, 3.8) is 0 Å². The molecular formula is C26H36N4O4. The first-order valence-electron chi connectivity index (χ1n) is 11.8. The fraction of sp³-hybridized carbons (Fsp3) is 0.500. The molecule has 1 aliphatic heterocycles. The molecule has 0 aliphatic carbocycles. The number of nitrogens with two attached hydrogens (primary N) is 1. The van der Waals surface area contributed by atoms with Crippen molar-refractivity contribution in [3.05, 3.63) is 48.0 Å². The summed E-state index contributed by atoms with van der Waals surface area (Å²) in [7, 11) is 0. The molecule has 34 heavy (non-hydrogen) atoms. The Balaban J connectivity index is 1.78. The number of fused-ring (bicyclic) bond motifs is 1. The van der Waals surface area contributed by atoms with E-state index in [4.69, 9.17) is 5.73 Å². The Bertz CT molecular complexity index is 1030. The van der Waals surface area contributed by atoms with Crippen LogP contribution in [0.5, 0.6) is 0 Å². The van der Waals surface area contributed by atoms with Gasteiger partial charge in [-0.25, -0.2) is 0 Å². The smallest absolute Gasteiger partial charge is 0.243 e. The maximum absolute atomic E-state index is 13.2. The summed E-state index contributed by atoms with van der Waals surface area (Å²) in [6.45, 7) is 6.05. The number of rotatable bonds is 8. The zero-order chi connectivity index (χ0) is 24.9. The third kappa shape index (κ3) is 6.33. The molecule has 1 fully saturated rings. The number of carbonyl (C=O) groups excluding carboxylic acids is 3. The summed E-state index contributed by atoms with van der Waals surface area (Å²) in [4.78, 5) is 40.7. The SMILES string of the molecule is CC(C)(C)C(=O)N1CCCC1C(=O)N[C@H](Cc1ccc2ccccc2c1)C(=O)NCC(O)CN. The molecule has 2 aromatic rings. The van der Waals surface area contributed by atoms with Crippen LogP contribution in [0.1, 0.15) is 39.2 Å². The fourth-order valence-electron chi connectivity index (χ4n) is 4.22. The topological polar surface area (TPSA) is 125 Å². The highest BCUT2D eigenvalue weighted by molar-refractivity contribution is 5.93. The van der Waals surface area contributed by atoms with Gasteiger partial charge in [0.25, 0.3) is 0 Å². The number of hydrogen-bond donors (Lipinski definition) is 4. The molecule has 5 N–H and O–H groups in total. The molecule has 3 atom stereocenters. The van der Waals surface area contributed by atoms with Gasteiger partial charge in [0.1, 0.15) is 12.1 Å². The Labute approximate surface area is 200 Å². The van der Waals surface area contributed by atoms with Crippen LogP contribution in [0.2, 0.25) is 0 Å². The highest BCUT2D eigenvalue weighted by atomic mass is 16.3. The Morgan fingerprint density at radius 2 is 1.85 bits per heavy atom. The first kappa shape index (κ1) is 25.6. The van der Waals surface area contributed by atoms with Crippen molar-refractivity contribution in [2.24, 2.45) is 11.1 Å². The second-order valence-electron chi connectivity index (χ2n) is 9.99. The molecule has 2 aromatic carbocycles. The number of amides is 3. The number of nitrogens with zero attached hydrogens (tertiary/aromatic N) is 1. The van der Waals surface area contributed by atoms with Crippen molar-refractivity contribution >= 4 is 28.5 Å². The summed E-state index contributed by atoms with van der Waals surface area (Å²) >= 11 is 0. The van der Waals surface area contributed by atoms with Gasteiger partial charge in [0, 0.05) is 31.5 Å². The van der Waals surface area contributed by atoms with Gasteiger partial charge in [-0.3, -0.25) is 14.4 Å². The third-order valence-corrected chi connectivity index (χ3v) is 6.13. The van der Waals surface area contributed by atoms with Crippen molar-refractivity contribution < 1.29 is 19.5 Å². The number of likely N-dealkylation sites (tertiary alicyclic amines) is 1. The van der Waals surface area contributed by atoms with Crippen molar-refractivity contribution in [2.45, 2.75) is 58.2 Å². The Kier molecular flexibility index (Phi) is 8.28. The number of hydrogen-bond acceptors (Lipinski definition) is 5. The largest absolute Gasteiger partial charge is 0.390 e. The lowest BCUT2D eigenvalue weighted by molar-refractivity contribution is -0.145. The number of aliphatic hydroxyl groups is 1. The van der Waals surface area contributed by atoms with E-state index in [-0.39, 0.29) is 31.3 Å². The Hall–Kier alpha value is -2.97. The second-order valence-corrected chi connectivity index (χ2v) is 9.99. The summed E-state index contributed by atoms with van der Waals surface area (Å²) < 4.78 is 0. The van der Waals surface area contributed by atoms with E-state index in [9.17, 15) is 19.5 Å². The quantitative estimate of drug-likeness (QED) is 0.465. The number of benzene rings is 2. The van der Waals surface area contributed by atoms with Gasteiger partial charge in [0.15, 0.2) is 0 Å². The normalized spacial score (nSPS) is 17.9. The molecular weight excluding hydrogens is 432 g/mol. The molecule has 0 saturated carbocycles. The summed E-state index contributed by atoms with van der Waals surface area (Å²) in [6.07, 6.45) is 0.713. The molecule has 8 heteroatoms. The van der Waals surface area contributed by atoms with Crippen molar-refractivity contribution in [3.8, 4) is 0 Å². The van der Waals surface area contributed by atoms with E-state index in [0.29, 0.717) is 13.0 Å². The standard InChI is InChI=1S/C26H36N4O4/c1-26(2,3)25(34)30-12-6-9-22(30)24(33)29-21(23(32)28-16-20(31)15-27)14-17-10-11-18-7-4-5-8-19(18)13-17/h4-5,7-8,10-11,13,20-22,31H,6,9,12,14-16,27H2,1-3H3,(H,28,32)(H,29,33)/t20?,21-,22?/m1/s1. The predicted octanol–water partition coefficient (Wildman–Crippen LogP) is 1.34. The zero-order valence-corrected chi connectivity index (χ0v) is 20.2. The van der Waals surface area contributed by atoms with Gasteiger partial charge < -0.3 is 26.4 Å². The average Bonchev–Trinajstić information content (AvgIpc) is 3.30. The molecule has 184 valence electrons. The van der Waals surface area contributed by atoms with Gasteiger partial charge in [-0.15, -0.1) is 0 Å². The van der Waals surface area contributed by atoms with Crippen molar-refractivity contribution in [2.75, 3.05) is 19.6 Å². The van der Waals surface area contributed by atoms with E-state index in [0.717, 1.165) is 22.8 Å². The molecule has 3 amide bonds. The highest BCUT2D eigenvalue weighted by Gasteiger charge is 2.39. The highest BCUT2D eigenvalue weighted by Crippen LogP contribution is 2.26. The summed E-state index contributed by atoms with van der Waals surface area (Å²) in [5, 5.41) is 17.4. The minimum Gasteiger partial charge on any atom is -0.390 e. The minimum absolute atomic E-state index is 0.00249. The van der Waals surface area contributed by atoms with Crippen LogP contribution < -0.4 is 16.4 Å². The lowest BCUT2D eigenvalue weighted by Gasteiger charge is -2.31. The Morgan fingerprint density at radius 1 is 1.15 bits per heavy atom. The lowest BCUT2D eigenvalue weighted by atomic mass is 9.94. The molecule has 1 heterocycles. The van der Waals surface area contributed by atoms with Gasteiger partial charge in [0.05, 0.1) is 6.10 Å². The number of carbonyl (C=O) groups is 3.